The van der Waals surface area contributed by atoms with Gasteiger partial charge in [-0.3, -0.25) is 16.0 Å². The van der Waals surface area contributed by atoms with Gasteiger partial charge >= 0.3 is 0 Å². The van der Waals surface area contributed by atoms with E-state index in [1.165, 1.54) is 10.2 Å². The standard InChI is InChI=1S/C7H21N3Si/c1-4-8-7(9-5-2)10-6(3)11/h6-10H,4-5H2,1-3,11H3. The third-order valence-corrected chi connectivity index (χ3v) is 1.65. The van der Waals surface area contributed by atoms with Gasteiger partial charge in [-0.1, -0.05) is 20.8 Å². The van der Waals surface area contributed by atoms with Crippen molar-refractivity contribution in [3.63, 3.8) is 0 Å². The summed E-state index contributed by atoms with van der Waals surface area (Å²) in [6, 6.07) is 0. The van der Waals surface area contributed by atoms with E-state index in [1.807, 2.05) is 0 Å². The van der Waals surface area contributed by atoms with Crippen LogP contribution in [0.1, 0.15) is 20.8 Å². The lowest BCUT2D eigenvalue weighted by Crippen LogP contribution is -2.55. The van der Waals surface area contributed by atoms with E-state index in [4.69, 9.17) is 0 Å². The summed E-state index contributed by atoms with van der Waals surface area (Å²) < 4.78 is 0. The fourth-order valence-corrected chi connectivity index (χ4v) is 1.26. The first-order valence-electron chi connectivity index (χ1n) is 4.43. The summed E-state index contributed by atoms with van der Waals surface area (Å²) in [4.78, 5) is 0. The minimum atomic E-state index is 0.289. The fourth-order valence-electron chi connectivity index (χ4n) is 0.932. The van der Waals surface area contributed by atoms with E-state index >= 15 is 0 Å². The molecular weight excluding hydrogens is 154 g/mol. The Labute approximate surface area is 72.7 Å². The highest BCUT2D eigenvalue weighted by Crippen LogP contribution is 1.75. The van der Waals surface area contributed by atoms with Crippen LogP contribution in [0.4, 0.5) is 0 Å². The quantitative estimate of drug-likeness (QED) is 0.350. The van der Waals surface area contributed by atoms with Crippen LogP contribution < -0.4 is 16.0 Å². The molecule has 0 saturated heterocycles. The molecule has 4 heteroatoms. The van der Waals surface area contributed by atoms with Gasteiger partial charge in [-0.05, 0) is 18.8 Å². The lowest BCUT2D eigenvalue weighted by molar-refractivity contribution is 0.365. The summed E-state index contributed by atoms with van der Waals surface area (Å²) in [6.45, 7) is 8.43. The van der Waals surface area contributed by atoms with E-state index in [0.29, 0.717) is 5.67 Å². The van der Waals surface area contributed by atoms with Crippen LogP contribution in [0, 0.1) is 0 Å². The Hall–Kier alpha value is 0.0969. The monoisotopic (exact) mass is 175 g/mol. The van der Waals surface area contributed by atoms with Crippen molar-refractivity contribution in [2.75, 3.05) is 13.1 Å². The second-order valence-electron chi connectivity index (χ2n) is 2.87. The Balaban J connectivity index is 3.50. The lowest BCUT2D eigenvalue weighted by atomic mass is 10.6. The second kappa shape index (κ2) is 6.79. The molecule has 0 bridgehead atoms. The highest BCUT2D eigenvalue weighted by molar-refractivity contribution is 6.11. The molecule has 0 saturated carbocycles. The van der Waals surface area contributed by atoms with Crippen LogP contribution in [0.15, 0.2) is 0 Å². The average Bonchev–Trinajstić information content (AvgIpc) is 1.87. The molecule has 0 heterocycles. The van der Waals surface area contributed by atoms with Crippen molar-refractivity contribution in [2.45, 2.75) is 32.7 Å². The van der Waals surface area contributed by atoms with Crippen LogP contribution in [0.2, 0.25) is 0 Å². The smallest absolute Gasteiger partial charge is 0.111 e. The van der Waals surface area contributed by atoms with Crippen molar-refractivity contribution >= 4 is 10.2 Å². The molecule has 0 aliphatic carbocycles. The average molecular weight is 175 g/mol. The zero-order valence-corrected chi connectivity index (χ0v) is 10.1. The molecular formula is C7H21N3Si. The summed E-state index contributed by atoms with van der Waals surface area (Å²) in [5, 5.41) is 10.1. The Bertz CT molecular complexity index is 81.8. The van der Waals surface area contributed by atoms with Crippen molar-refractivity contribution in [3.8, 4) is 0 Å². The van der Waals surface area contributed by atoms with Crippen molar-refractivity contribution in [1.29, 1.82) is 0 Å². The Morgan fingerprint density at radius 3 is 1.91 bits per heavy atom. The molecule has 0 spiro atoms. The highest BCUT2D eigenvalue weighted by atomic mass is 28.1. The van der Waals surface area contributed by atoms with E-state index < -0.39 is 0 Å². The number of nitrogens with one attached hydrogen (secondary N) is 3. The number of hydrogen-bond donors (Lipinski definition) is 3. The molecule has 0 aromatic rings. The van der Waals surface area contributed by atoms with E-state index in [2.05, 4.69) is 36.7 Å². The van der Waals surface area contributed by atoms with Crippen molar-refractivity contribution in [2.24, 2.45) is 0 Å². The Morgan fingerprint density at radius 1 is 1.18 bits per heavy atom. The topological polar surface area (TPSA) is 36.1 Å². The molecule has 0 amide bonds. The molecule has 0 aromatic carbocycles. The van der Waals surface area contributed by atoms with Crippen molar-refractivity contribution in [3.05, 3.63) is 0 Å². The van der Waals surface area contributed by atoms with Crippen LogP contribution in [0.3, 0.4) is 0 Å². The van der Waals surface area contributed by atoms with Gasteiger partial charge in [0.2, 0.25) is 0 Å². The van der Waals surface area contributed by atoms with Gasteiger partial charge in [-0.2, -0.15) is 0 Å². The minimum absolute atomic E-state index is 0.289. The SMILES string of the molecule is CCNC(NCC)NC(C)[SiH3]. The van der Waals surface area contributed by atoms with Crippen LogP contribution in [-0.4, -0.2) is 35.3 Å². The summed E-state index contributed by atoms with van der Waals surface area (Å²) in [5.41, 5.74) is 0.651. The largest absolute Gasteiger partial charge is 0.291 e. The first-order chi connectivity index (χ1) is 5.20. The molecule has 3 N–H and O–H groups in total. The molecule has 0 radical (unpaired) electrons. The van der Waals surface area contributed by atoms with Gasteiger partial charge in [0.1, 0.15) is 6.29 Å². The molecule has 0 aliphatic heterocycles. The molecule has 68 valence electrons. The molecule has 1 unspecified atom stereocenters. The maximum absolute atomic E-state index is 3.42. The van der Waals surface area contributed by atoms with Crippen molar-refractivity contribution < 1.29 is 0 Å². The van der Waals surface area contributed by atoms with E-state index in [0.717, 1.165) is 13.1 Å². The Kier molecular flexibility index (Phi) is 6.85. The predicted molar refractivity (Wildman–Crippen MR) is 53.7 cm³/mol. The molecule has 0 rings (SSSR count). The zero-order chi connectivity index (χ0) is 8.69. The maximum Gasteiger partial charge on any atom is 0.111 e. The number of hydrogen-bond acceptors (Lipinski definition) is 3. The zero-order valence-electron chi connectivity index (χ0n) is 8.07. The fraction of sp³-hybridized carbons (Fsp3) is 1.00. The molecule has 11 heavy (non-hydrogen) atoms. The van der Waals surface area contributed by atoms with Crippen LogP contribution >= 0.6 is 0 Å². The second-order valence-corrected chi connectivity index (χ2v) is 4.60. The summed E-state index contributed by atoms with van der Waals surface area (Å²) in [5.74, 6) is 0. The molecule has 0 aliphatic rings. The van der Waals surface area contributed by atoms with Gasteiger partial charge < -0.3 is 0 Å². The van der Waals surface area contributed by atoms with Gasteiger partial charge in [0, 0.05) is 10.2 Å². The van der Waals surface area contributed by atoms with Gasteiger partial charge in [0.05, 0.1) is 0 Å². The normalized spacial score (nSPS) is 14.2. The lowest BCUT2D eigenvalue weighted by Gasteiger charge is -2.22. The third-order valence-electron chi connectivity index (χ3n) is 1.32. The first-order valence-corrected chi connectivity index (χ1v) is 5.59. The summed E-state index contributed by atoms with van der Waals surface area (Å²) in [7, 11) is 1.19. The summed E-state index contributed by atoms with van der Waals surface area (Å²) >= 11 is 0. The third kappa shape index (κ3) is 6.49. The van der Waals surface area contributed by atoms with Crippen LogP contribution in [-0.2, 0) is 0 Å². The van der Waals surface area contributed by atoms with Crippen molar-refractivity contribution in [1.82, 2.24) is 16.0 Å². The van der Waals surface area contributed by atoms with E-state index in [9.17, 15) is 0 Å². The van der Waals surface area contributed by atoms with Gasteiger partial charge in [-0.15, -0.1) is 0 Å². The van der Waals surface area contributed by atoms with Crippen LogP contribution in [0.5, 0.6) is 0 Å². The number of rotatable bonds is 6. The highest BCUT2D eigenvalue weighted by Gasteiger charge is 2.04. The minimum Gasteiger partial charge on any atom is -0.291 e. The van der Waals surface area contributed by atoms with E-state index in [1.54, 1.807) is 0 Å². The maximum atomic E-state index is 3.42. The van der Waals surface area contributed by atoms with Gasteiger partial charge in [0.15, 0.2) is 0 Å². The Morgan fingerprint density at radius 2 is 1.64 bits per heavy atom. The predicted octanol–water partition coefficient (Wildman–Crippen LogP) is -1.21. The molecule has 0 fully saturated rings. The molecule has 3 nitrogen and oxygen atoms in total. The molecule has 1 atom stereocenters. The summed E-state index contributed by atoms with van der Waals surface area (Å²) in [6.07, 6.45) is 0.289. The van der Waals surface area contributed by atoms with Gasteiger partial charge in [-0.25, -0.2) is 0 Å². The van der Waals surface area contributed by atoms with E-state index in [-0.39, 0.29) is 6.29 Å². The van der Waals surface area contributed by atoms with Crippen LogP contribution in [0.25, 0.3) is 0 Å². The van der Waals surface area contributed by atoms with Gasteiger partial charge in [0.25, 0.3) is 0 Å². The first kappa shape index (κ1) is 11.1. The molecule has 0 aromatic heterocycles.